The molecule has 0 bridgehead atoms. The van der Waals surface area contributed by atoms with Gasteiger partial charge in [0, 0.05) is 13.2 Å². The van der Waals surface area contributed by atoms with E-state index in [2.05, 4.69) is 36.5 Å². The Morgan fingerprint density at radius 1 is 1.10 bits per heavy atom. The first-order valence-electron chi connectivity index (χ1n) is 8.14. The van der Waals surface area contributed by atoms with Crippen molar-refractivity contribution < 1.29 is 4.74 Å². The van der Waals surface area contributed by atoms with Crippen LogP contribution < -0.4 is 5.32 Å². The largest absolute Gasteiger partial charge is 0.377 e. The van der Waals surface area contributed by atoms with Gasteiger partial charge in [-0.1, -0.05) is 44.0 Å². The Hall–Kier alpha value is -0.860. The molecule has 1 N–H and O–H groups in total. The summed E-state index contributed by atoms with van der Waals surface area (Å²) in [6.45, 7) is 8.07. The van der Waals surface area contributed by atoms with E-state index < -0.39 is 0 Å². The van der Waals surface area contributed by atoms with E-state index >= 15 is 0 Å². The van der Waals surface area contributed by atoms with Crippen LogP contribution in [0, 0.1) is 11.8 Å². The van der Waals surface area contributed by atoms with Crippen LogP contribution >= 0.6 is 0 Å². The molecule has 0 heterocycles. The van der Waals surface area contributed by atoms with Gasteiger partial charge < -0.3 is 10.1 Å². The van der Waals surface area contributed by atoms with Crippen LogP contribution in [-0.2, 0) is 17.9 Å². The van der Waals surface area contributed by atoms with Crippen LogP contribution in [-0.4, -0.2) is 13.2 Å². The number of hydrogen-bond donors (Lipinski definition) is 1. The van der Waals surface area contributed by atoms with Gasteiger partial charge in [-0.15, -0.1) is 0 Å². The van der Waals surface area contributed by atoms with Gasteiger partial charge in [-0.25, -0.2) is 0 Å². The summed E-state index contributed by atoms with van der Waals surface area (Å²) in [6.07, 6.45) is 5.62. The molecule has 1 aromatic carbocycles. The summed E-state index contributed by atoms with van der Waals surface area (Å²) < 4.78 is 5.54. The Bertz CT molecular complexity index is 383. The van der Waals surface area contributed by atoms with E-state index in [9.17, 15) is 0 Å². The van der Waals surface area contributed by atoms with Gasteiger partial charge in [-0.2, -0.15) is 0 Å². The number of rotatable bonds is 7. The van der Waals surface area contributed by atoms with Crippen LogP contribution in [0.4, 0.5) is 0 Å². The van der Waals surface area contributed by atoms with E-state index in [1.807, 2.05) is 6.92 Å². The Balaban J connectivity index is 1.76. The van der Waals surface area contributed by atoms with Crippen molar-refractivity contribution in [2.45, 2.75) is 52.7 Å². The topological polar surface area (TPSA) is 21.3 Å². The van der Waals surface area contributed by atoms with Crippen molar-refractivity contribution >= 4 is 0 Å². The van der Waals surface area contributed by atoms with Gasteiger partial charge in [0.05, 0.1) is 6.61 Å². The predicted molar refractivity (Wildman–Crippen MR) is 84.6 cm³/mol. The summed E-state index contributed by atoms with van der Waals surface area (Å²) in [6, 6.07) is 8.61. The van der Waals surface area contributed by atoms with E-state index in [0.29, 0.717) is 0 Å². The van der Waals surface area contributed by atoms with Crippen molar-refractivity contribution in [2.75, 3.05) is 13.2 Å². The van der Waals surface area contributed by atoms with E-state index in [0.717, 1.165) is 38.1 Å². The van der Waals surface area contributed by atoms with Crippen LogP contribution in [0.5, 0.6) is 0 Å². The summed E-state index contributed by atoms with van der Waals surface area (Å²) in [5, 5.41) is 3.65. The molecule has 0 spiro atoms. The fourth-order valence-corrected chi connectivity index (χ4v) is 3.03. The maximum Gasteiger partial charge on any atom is 0.0719 e. The maximum absolute atomic E-state index is 5.54. The molecule has 2 rings (SSSR count). The SMILES string of the molecule is CCOCc1ccccc1CNCC1CCC(C)CC1. The third-order valence-electron chi connectivity index (χ3n) is 4.46. The molecule has 0 atom stereocenters. The van der Waals surface area contributed by atoms with Crippen molar-refractivity contribution in [3.05, 3.63) is 35.4 Å². The number of hydrogen-bond acceptors (Lipinski definition) is 2. The highest BCUT2D eigenvalue weighted by Gasteiger charge is 2.17. The summed E-state index contributed by atoms with van der Waals surface area (Å²) in [5.74, 6) is 1.82. The fraction of sp³-hybridized carbons (Fsp3) is 0.667. The fourth-order valence-electron chi connectivity index (χ4n) is 3.03. The molecule has 0 amide bonds. The van der Waals surface area contributed by atoms with Crippen LogP contribution in [0.25, 0.3) is 0 Å². The van der Waals surface area contributed by atoms with Gasteiger partial charge >= 0.3 is 0 Å². The normalized spacial score (nSPS) is 22.9. The molecule has 1 aliphatic rings. The minimum Gasteiger partial charge on any atom is -0.377 e. The van der Waals surface area contributed by atoms with E-state index in [1.165, 1.54) is 36.8 Å². The first kappa shape index (κ1) is 15.5. The molecule has 1 fully saturated rings. The van der Waals surface area contributed by atoms with Crippen molar-refractivity contribution in [1.29, 1.82) is 0 Å². The number of ether oxygens (including phenoxy) is 1. The highest BCUT2D eigenvalue weighted by molar-refractivity contribution is 5.26. The molecule has 1 aromatic rings. The summed E-state index contributed by atoms with van der Waals surface area (Å²) in [4.78, 5) is 0. The highest BCUT2D eigenvalue weighted by atomic mass is 16.5. The molecule has 1 saturated carbocycles. The molecular weight excluding hydrogens is 246 g/mol. The average molecular weight is 275 g/mol. The minimum atomic E-state index is 0.731. The lowest BCUT2D eigenvalue weighted by molar-refractivity contribution is 0.133. The smallest absolute Gasteiger partial charge is 0.0719 e. The van der Waals surface area contributed by atoms with Crippen LogP contribution in [0.2, 0.25) is 0 Å². The van der Waals surface area contributed by atoms with Crippen molar-refractivity contribution in [3.8, 4) is 0 Å². The van der Waals surface area contributed by atoms with E-state index in [-0.39, 0.29) is 0 Å². The zero-order chi connectivity index (χ0) is 14.2. The molecule has 0 aliphatic heterocycles. The molecule has 0 aromatic heterocycles. The van der Waals surface area contributed by atoms with Gasteiger partial charge in [0.2, 0.25) is 0 Å². The Kier molecular flexibility index (Phi) is 6.55. The lowest BCUT2D eigenvalue weighted by Crippen LogP contribution is -2.26. The van der Waals surface area contributed by atoms with Gasteiger partial charge in [0.25, 0.3) is 0 Å². The minimum absolute atomic E-state index is 0.731. The second kappa shape index (κ2) is 8.43. The highest BCUT2D eigenvalue weighted by Crippen LogP contribution is 2.27. The molecule has 2 heteroatoms. The van der Waals surface area contributed by atoms with Crippen molar-refractivity contribution in [3.63, 3.8) is 0 Å². The Morgan fingerprint density at radius 3 is 2.50 bits per heavy atom. The molecule has 1 aliphatic carbocycles. The third kappa shape index (κ3) is 4.92. The zero-order valence-corrected chi connectivity index (χ0v) is 13.0. The third-order valence-corrected chi connectivity index (χ3v) is 4.46. The lowest BCUT2D eigenvalue weighted by atomic mass is 9.83. The molecule has 112 valence electrons. The summed E-state index contributed by atoms with van der Waals surface area (Å²) in [7, 11) is 0. The average Bonchev–Trinajstić information content (AvgIpc) is 2.48. The van der Waals surface area contributed by atoms with Gasteiger partial charge in [0.1, 0.15) is 0 Å². The second-order valence-corrected chi connectivity index (χ2v) is 6.16. The predicted octanol–water partition coefficient (Wildman–Crippen LogP) is 4.14. The maximum atomic E-state index is 5.54. The molecular formula is C18H29NO. The van der Waals surface area contributed by atoms with Crippen LogP contribution in [0.1, 0.15) is 50.7 Å². The van der Waals surface area contributed by atoms with E-state index in [4.69, 9.17) is 4.74 Å². The second-order valence-electron chi connectivity index (χ2n) is 6.16. The first-order valence-corrected chi connectivity index (χ1v) is 8.14. The van der Waals surface area contributed by atoms with E-state index in [1.54, 1.807) is 0 Å². The number of benzene rings is 1. The van der Waals surface area contributed by atoms with Crippen LogP contribution in [0.15, 0.2) is 24.3 Å². The molecule has 2 nitrogen and oxygen atoms in total. The monoisotopic (exact) mass is 275 g/mol. The quantitative estimate of drug-likeness (QED) is 0.807. The molecule has 0 saturated heterocycles. The lowest BCUT2D eigenvalue weighted by Gasteiger charge is -2.26. The summed E-state index contributed by atoms with van der Waals surface area (Å²) in [5.41, 5.74) is 2.70. The van der Waals surface area contributed by atoms with Gasteiger partial charge in [-0.3, -0.25) is 0 Å². The molecule has 20 heavy (non-hydrogen) atoms. The molecule has 0 unspecified atom stereocenters. The van der Waals surface area contributed by atoms with Gasteiger partial charge in [-0.05, 0) is 49.3 Å². The van der Waals surface area contributed by atoms with Gasteiger partial charge in [0.15, 0.2) is 0 Å². The molecule has 0 radical (unpaired) electrons. The first-order chi connectivity index (χ1) is 9.79. The standard InChI is InChI=1S/C18H29NO/c1-3-20-14-18-7-5-4-6-17(18)13-19-12-16-10-8-15(2)9-11-16/h4-7,15-16,19H,3,8-14H2,1-2H3. The van der Waals surface area contributed by atoms with Crippen molar-refractivity contribution in [1.82, 2.24) is 5.32 Å². The van der Waals surface area contributed by atoms with Crippen LogP contribution in [0.3, 0.4) is 0 Å². The Morgan fingerprint density at radius 2 is 1.80 bits per heavy atom. The summed E-state index contributed by atoms with van der Waals surface area (Å²) >= 11 is 0. The van der Waals surface area contributed by atoms with Crippen molar-refractivity contribution in [2.24, 2.45) is 11.8 Å². The number of nitrogens with one attached hydrogen (secondary N) is 1. The Labute approximate surface area is 123 Å². The zero-order valence-electron chi connectivity index (χ0n) is 13.0.